The van der Waals surface area contributed by atoms with Crippen LogP contribution < -0.4 is 15.2 Å². The Kier molecular flexibility index (Phi) is 7.61. The summed E-state index contributed by atoms with van der Waals surface area (Å²) in [6.07, 6.45) is 1.06. The van der Waals surface area contributed by atoms with Crippen LogP contribution >= 0.6 is 0 Å². The molecule has 23 heavy (non-hydrogen) atoms. The number of likely N-dealkylation sites (tertiary alicyclic amines) is 1. The lowest BCUT2D eigenvalue weighted by atomic mass is 10.2. The maximum atomic E-state index is 5.97. The molecule has 1 aliphatic rings. The van der Waals surface area contributed by atoms with Crippen LogP contribution in [0.15, 0.2) is 18.2 Å². The number of rotatable bonds is 10. The first-order valence-corrected chi connectivity index (χ1v) is 8.07. The van der Waals surface area contributed by atoms with E-state index >= 15 is 0 Å². The van der Waals surface area contributed by atoms with Gasteiger partial charge in [-0.3, -0.25) is 4.90 Å². The molecule has 0 radical (unpaired) electrons. The SMILES string of the molecule is COCCOc1ccc(CN2CC[C@@H](N)C2)cc1OCCOC. The van der Waals surface area contributed by atoms with E-state index in [2.05, 4.69) is 11.0 Å². The lowest BCUT2D eigenvalue weighted by Gasteiger charge is -2.18. The van der Waals surface area contributed by atoms with Crippen LogP contribution in [0.4, 0.5) is 0 Å². The van der Waals surface area contributed by atoms with E-state index in [0.717, 1.165) is 37.6 Å². The van der Waals surface area contributed by atoms with Crippen molar-refractivity contribution >= 4 is 0 Å². The van der Waals surface area contributed by atoms with Crippen molar-refractivity contribution in [3.8, 4) is 11.5 Å². The molecule has 2 rings (SSSR count). The number of methoxy groups -OCH3 is 2. The Morgan fingerprint density at radius 1 is 1.04 bits per heavy atom. The molecule has 0 aliphatic carbocycles. The average Bonchev–Trinajstić information content (AvgIpc) is 2.95. The largest absolute Gasteiger partial charge is 0.487 e. The molecular weight excluding hydrogens is 296 g/mol. The molecular formula is C17H28N2O4. The number of ether oxygens (including phenoxy) is 4. The molecule has 0 saturated carbocycles. The summed E-state index contributed by atoms with van der Waals surface area (Å²) in [6.45, 7) is 4.96. The van der Waals surface area contributed by atoms with Crippen LogP contribution in [0.5, 0.6) is 11.5 Å². The summed E-state index contributed by atoms with van der Waals surface area (Å²) in [7, 11) is 3.32. The Morgan fingerprint density at radius 3 is 2.35 bits per heavy atom. The summed E-state index contributed by atoms with van der Waals surface area (Å²) in [5.41, 5.74) is 7.17. The van der Waals surface area contributed by atoms with Gasteiger partial charge in [-0.1, -0.05) is 6.07 Å². The highest BCUT2D eigenvalue weighted by Gasteiger charge is 2.19. The van der Waals surface area contributed by atoms with E-state index < -0.39 is 0 Å². The van der Waals surface area contributed by atoms with Crippen molar-refractivity contribution in [2.45, 2.75) is 19.0 Å². The number of hydrogen-bond acceptors (Lipinski definition) is 6. The molecule has 1 aromatic carbocycles. The van der Waals surface area contributed by atoms with Gasteiger partial charge in [0.1, 0.15) is 13.2 Å². The molecule has 130 valence electrons. The number of nitrogens with two attached hydrogens (primary N) is 1. The van der Waals surface area contributed by atoms with Crippen LogP contribution in [0.2, 0.25) is 0 Å². The molecule has 1 fully saturated rings. The number of benzene rings is 1. The van der Waals surface area contributed by atoms with E-state index in [4.69, 9.17) is 24.7 Å². The van der Waals surface area contributed by atoms with Gasteiger partial charge in [0.2, 0.25) is 0 Å². The molecule has 0 bridgehead atoms. The fraction of sp³-hybridized carbons (Fsp3) is 0.647. The third kappa shape index (κ3) is 5.99. The van der Waals surface area contributed by atoms with E-state index in [-0.39, 0.29) is 0 Å². The van der Waals surface area contributed by atoms with Crippen LogP contribution in [0, 0.1) is 0 Å². The van der Waals surface area contributed by atoms with Gasteiger partial charge in [0.25, 0.3) is 0 Å². The molecule has 0 aromatic heterocycles. The van der Waals surface area contributed by atoms with E-state index in [1.807, 2.05) is 12.1 Å². The highest BCUT2D eigenvalue weighted by Crippen LogP contribution is 2.29. The zero-order valence-electron chi connectivity index (χ0n) is 14.1. The molecule has 2 N–H and O–H groups in total. The zero-order chi connectivity index (χ0) is 16.5. The first kappa shape index (κ1) is 18.0. The Bertz CT molecular complexity index is 470. The maximum absolute atomic E-state index is 5.97. The second-order valence-corrected chi connectivity index (χ2v) is 5.75. The lowest BCUT2D eigenvalue weighted by molar-refractivity contribution is 0.132. The molecule has 1 heterocycles. The lowest BCUT2D eigenvalue weighted by Crippen LogP contribution is -2.26. The van der Waals surface area contributed by atoms with Gasteiger partial charge >= 0.3 is 0 Å². The van der Waals surface area contributed by atoms with Crippen molar-refractivity contribution in [2.24, 2.45) is 5.73 Å². The summed E-state index contributed by atoms with van der Waals surface area (Å²) in [4.78, 5) is 2.37. The Morgan fingerprint density at radius 2 is 1.74 bits per heavy atom. The van der Waals surface area contributed by atoms with Crippen molar-refractivity contribution in [3.63, 3.8) is 0 Å². The second kappa shape index (κ2) is 9.72. The van der Waals surface area contributed by atoms with Crippen LogP contribution in [-0.4, -0.2) is 64.7 Å². The topological polar surface area (TPSA) is 66.2 Å². The fourth-order valence-electron chi connectivity index (χ4n) is 2.62. The van der Waals surface area contributed by atoms with Gasteiger partial charge in [0, 0.05) is 39.9 Å². The van der Waals surface area contributed by atoms with Crippen molar-refractivity contribution in [1.82, 2.24) is 4.90 Å². The van der Waals surface area contributed by atoms with Gasteiger partial charge in [0.05, 0.1) is 13.2 Å². The van der Waals surface area contributed by atoms with Gasteiger partial charge < -0.3 is 24.7 Å². The monoisotopic (exact) mass is 324 g/mol. The van der Waals surface area contributed by atoms with Crippen molar-refractivity contribution in [2.75, 3.05) is 53.7 Å². The summed E-state index contributed by atoms with van der Waals surface area (Å²) < 4.78 is 21.6. The third-order valence-corrected chi connectivity index (χ3v) is 3.81. The third-order valence-electron chi connectivity index (χ3n) is 3.81. The molecule has 0 amide bonds. The van der Waals surface area contributed by atoms with Crippen molar-refractivity contribution in [3.05, 3.63) is 23.8 Å². The highest BCUT2D eigenvalue weighted by atomic mass is 16.5. The molecule has 0 spiro atoms. The summed E-state index contributed by atoms with van der Waals surface area (Å²) in [5.74, 6) is 1.49. The van der Waals surface area contributed by atoms with Crippen LogP contribution in [-0.2, 0) is 16.0 Å². The minimum atomic E-state index is 0.295. The predicted molar refractivity (Wildman–Crippen MR) is 89.1 cm³/mol. The predicted octanol–water partition coefficient (Wildman–Crippen LogP) is 1.27. The Balaban J connectivity index is 2.00. The highest BCUT2D eigenvalue weighted by molar-refractivity contribution is 5.43. The molecule has 6 heteroatoms. The normalized spacial score (nSPS) is 18.3. The molecule has 1 atom stereocenters. The fourth-order valence-corrected chi connectivity index (χ4v) is 2.62. The molecule has 6 nitrogen and oxygen atoms in total. The molecule has 1 aliphatic heterocycles. The van der Waals surface area contributed by atoms with E-state index in [1.54, 1.807) is 14.2 Å². The van der Waals surface area contributed by atoms with Gasteiger partial charge in [-0.05, 0) is 24.1 Å². The van der Waals surface area contributed by atoms with E-state index in [0.29, 0.717) is 32.5 Å². The molecule has 1 saturated heterocycles. The number of hydrogen-bond donors (Lipinski definition) is 1. The van der Waals surface area contributed by atoms with Gasteiger partial charge in [-0.15, -0.1) is 0 Å². The summed E-state index contributed by atoms with van der Waals surface area (Å²) in [5, 5.41) is 0. The summed E-state index contributed by atoms with van der Waals surface area (Å²) >= 11 is 0. The Labute approximate surface area is 138 Å². The molecule has 1 aromatic rings. The van der Waals surface area contributed by atoms with E-state index in [9.17, 15) is 0 Å². The van der Waals surface area contributed by atoms with Crippen LogP contribution in [0.25, 0.3) is 0 Å². The van der Waals surface area contributed by atoms with Gasteiger partial charge in [0.15, 0.2) is 11.5 Å². The molecule has 0 unspecified atom stereocenters. The number of nitrogens with zero attached hydrogens (tertiary/aromatic N) is 1. The first-order chi connectivity index (χ1) is 11.2. The van der Waals surface area contributed by atoms with Crippen molar-refractivity contribution in [1.29, 1.82) is 0 Å². The van der Waals surface area contributed by atoms with E-state index in [1.165, 1.54) is 5.56 Å². The standard InChI is InChI=1S/C17H28N2O4/c1-20-7-9-22-16-4-3-14(11-17(16)23-10-8-21-2)12-19-6-5-15(18)13-19/h3-4,11,15H,5-10,12-13,18H2,1-2H3/t15-/m1/s1. The minimum absolute atomic E-state index is 0.295. The van der Waals surface area contributed by atoms with Crippen molar-refractivity contribution < 1.29 is 18.9 Å². The zero-order valence-corrected chi connectivity index (χ0v) is 14.1. The maximum Gasteiger partial charge on any atom is 0.161 e. The summed E-state index contributed by atoms with van der Waals surface area (Å²) in [6, 6.07) is 6.38. The van der Waals surface area contributed by atoms with Gasteiger partial charge in [-0.25, -0.2) is 0 Å². The first-order valence-electron chi connectivity index (χ1n) is 8.07. The average molecular weight is 324 g/mol. The van der Waals surface area contributed by atoms with Crippen LogP contribution in [0.1, 0.15) is 12.0 Å². The Hall–Kier alpha value is -1.34. The van der Waals surface area contributed by atoms with Crippen LogP contribution in [0.3, 0.4) is 0 Å². The second-order valence-electron chi connectivity index (χ2n) is 5.75. The quantitative estimate of drug-likeness (QED) is 0.654. The minimum Gasteiger partial charge on any atom is -0.487 e. The van der Waals surface area contributed by atoms with Gasteiger partial charge in [-0.2, -0.15) is 0 Å². The smallest absolute Gasteiger partial charge is 0.161 e.